The van der Waals surface area contributed by atoms with Crippen molar-refractivity contribution in [2.45, 2.75) is 26.8 Å². The lowest BCUT2D eigenvalue weighted by Crippen LogP contribution is -2.34. The second-order valence-corrected chi connectivity index (χ2v) is 9.24. The van der Waals surface area contributed by atoms with Gasteiger partial charge in [-0.3, -0.25) is 14.5 Å². The second kappa shape index (κ2) is 10.8. The van der Waals surface area contributed by atoms with Crippen LogP contribution in [0.3, 0.4) is 0 Å². The molecule has 0 bridgehead atoms. The van der Waals surface area contributed by atoms with Crippen molar-refractivity contribution >= 4 is 63.5 Å². The number of thioether (sulfide) groups is 1. The second-order valence-electron chi connectivity index (χ2n) is 7.13. The molecule has 168 valence electrons. The molecule has 3 rings (SSSR count). The molecule has 0 aliphatic carbocycles. The SMILES string of the molecule is CCOc1cc(/C=C2\SC(=S)N(C(C)C)C2=O)ccc1OCC(=O)Nc1cccc(Cl)c1. The number of halogens is 1. The third kappa shape index (κ3) is 6.03. The van der Waals surface area contributed by atoms with Gasteiger partial charge in [-0.15, -0.1) is 0 Å². The van der Waals surface area contributed by atoms with Crippen molar-refractivity contribution in [3.8, 4) is 11.5 Å². The number of ether oxygens (including phenoxy) is 2. The molecule has 1 saturated heterocycles. The number of rotatable bonds is 8. The number of thiocarbonyl (C=S) groups is 1. The number of nitrogens with one attached hydrogen (secondary N) is 1. The number of nitrogens with zero attached hydrogens (tertiary/aromatic N) is 1. The van der Waals surface area contributed by atoms with Crippen molar-refractivity contribution < 1.29 is 19.1 Å². The topological polar surface area (TPSA) is 67.9 Å². The van der Waals surface area contributed by atoms with Gasteiger partial charge in [0.05, 0.1) is 11.5 Å². The van der Waals surface area contributed by atoms with E-state index < -0.39 is 0 Å². The van der Waals surface area contributed by atoms with Crippen LogP contribution in [-0.2, 0) is 9.59 Å². The van der Waals surface area contributed by atoms with E-state index in [2.05, 4.69) is 5.32 Å². The van der Waals surface area contributed by atoms with Gasteiger partial charge < -0.3 is 14.8 Å². The first-order valence-electron chi connectivity index (χ1n) is 10.0. The number of hydrogen-bond acceptors (Lipinski definition) is 6. The molecule has 1 N–H and O–H groups in total. The number of anilines is 1. The molecule has 2 aromatic carbocycles. The van der Waals surface area contributed by atoms with Crippen molar-refractivity contribution in [1.29, 1.82) is 0 Å². The van der Waals surface area contributed by atoms with Crippen LogP contribution in [0.25, 0.3) is 6.08 Å². The first kappa shape index (κ1) is 24.1. The molecule has 0 spiro atoms. The molecule has 1 fully saturated rings. The van der Waals surface area contributed by atoms with E-state index in [9.17, 15) is 9.59 Å². The molecule has 0 unspecified atom stereocenters. The maximum Gasteiger partial charge on any atom is 0.266 e. The summed E-state index contributed by atoms with van der Waals surface area (Å²) < 4.78 is 11.9. The van der Waals surface area contributed by atoms with Gasteiger partial charge in [0.2, 0.25) is 0 Å². The molecule has 32 heavy (non-hydrogen) atoms. The van der Waals surface area contributed by atoms with Crippen LogP contribution in [0.15, 0.2) is 47.4 Å². The van der Waals surface area contributed by atoms with E-state index in [0.29, 0.717) is 38.0 Å². The number of benzene rings is 2. The Balaban J connectivity index is 1.71. The summed E-state index contributed by atoms with van der Waals surface area (Å²) in [5, 5.41) is 3.26. The van der Waals surface area contributed by atoms with E-state index in [4.69, 9.17) is 33.3 Å². The fourth-order valence-electron chi connectivity index (χ4n) is 2.99. The van der Waals surface area contributed by atoms with E-state index in [1.807, 2.05) is 20.8 Å². The number of hydrogen-bond donors (Lipinski definition) is 1. The van der Waals surface area contributed by atoms with Gasteiger partial charge in [-0.1, -0.05) is 47.7 Å². The fraction of sp³-hybridized carbons (Fsp3) is 0.261. The molecule has 0 aromatic heterocycles. The molecule has 1 aliphatic rings. The third-order valence-corrected chi connectivity index (χ3v) is 5.94. The summed E-state index contributed by atoms with van der Waals surface area (Å²) >= 11 is 12.5. The Hall–Kier alpha value is -2.55. The third-order valence-electron chi connectivity index (χ3n) is 4.37. The number of carbonyl (C=O) groups is 2. The van der Waals surface area contributed by atoms with E-state index in [1.165, 1.54) is 11.8 Å². The molecule has 0 atom stereocenters. The predicted molar refractivity (Wildman–Crippen MR) is 133 cm³/mol. The summed E-state index contributed by atoms with van der Waals surface area (Å²) in [7, 11) is 0. The van der Waals surface area contributed by atoms with Crippen LogP contribution in [-0.4, -0.2) is 40.3 Å². The first-order valence-corrected chi connectivity index (χ1v) is 11.6. The van der Waals surface area contributed by atoms with Gasteiger partial charge in [0.15, 0.2) is 18.1 Å². The molecule has 0 radical (unpaired) electrons. The Kier molecular flexibility index (Phi) is 8.17. The maximum absolute atomic E-state index is 12.6. The van der Waals surface area contributed by atoms with Crippen LogP contribution in [0, 0.1) is 0 Å². The van der Waals surface area contributed by atoms with E-state index in [1.54, 1.807) is 53.4 Å². The zero-order valence-corrected chi connectivity index (χ0v) is 20.3. The summed E-state index contributed by atoms with van der Waals surface area (Å²) in [6.45, 7) is 5.93. The summed E-state index contributed by atoms with van der Waals surface area (Å²) in [5.74, 6) is 0.484. The maximum atomic E-state index is 12.6. The van der Waals surface area contributed by atoms with Crippen LogP contribution in [0.5, 0.6) is 11.5 Å². The van der Waals surface area contributed by atoms with Gasteiger partial charge in [0, 0.05) is 16.8 Å². The van der Waals surface area contributed by atoms with Crippen molar-refractivity contribution in [2.75, 3.05) is 18.5 Å². The predicted octanol–water partition coefficient (Wildman–Crippen LogP) is 5.37. The lowest BCUT2D eigenvalue weighted by atomic mass is 10.1. The normalized spacial score (nSPS) is 14.9. The molecule has 2 amide bonds. The van der Waals surface area contributed by atoms with Crippen molar-refractivity contribution in [3.63, 3.8) is 0 Å². The molecular weight excluding hydrogens is 468 g/mol. The van der Waals surface area contributed by atoms with Crippen LogP contribution in [0.2, 0.25) is 5.02 Å². The Morgan fingerprint density at radius 3 is 2.66 bits per heavy atom. The lowest BCUT2D eigenvalue weighted by Gasteiger charge is -2.18. The summed E-state index contributed by atoms with van der Waals surface area (Å²) in [6.07, 6.45) is 1.78. The molecule has 0 saturated carbocycles. The van der Waals surface area contributed by atoms with E-state index >= 15 is 0 Å². The summed E-state index contributed by atoms with van der Waals surface area (Å²) in [5.41, 5.74) is 1.36. The minimum atomic E-state index is -0.323. The zero-order valence-electron chi connectivity index (χ0n) is 17.9. The first-order chi connectivity index (χ1) is 15.3. The largest absolute Gasteiger partial charge is 0.490 e. The van der Waals surface area contributed by atoms with Crippen LogP contribution in [0.4, 0.5) is 5.69 Å². The number of carbonyl (C=O) groups excluding carboxylic acids is 2. The van der Waals surface area contributed by atoms with Crippen LogP contribution >= 0.6 is 35.6 Å². The van der Waals surface area contributed by atoms with Crippen molar-refractivity contribution in [2.24, 2.45) is 0 Å². The smallest absolute Gasteiger partial charge is 0.266 e. The van der Waals surface area contributed by atoms with E-state index in [-0.39, 0.29) is 24.5 Å². The monoisotopic (exact) mass is 490 g/mol. The molecular formula is C23H23ClN2O4S2. The van der Waals surface area contributed by atoms with Gasteiger partial charge in [0.1, 0.15) is 4.32 Å². The minimum absolute atomic E-state index is 0.00113. The fourth-order valence-corrected chi connectivity index (χ4v) is 4.70. The Labute approximate surface area is 201 Å². The molecule has 1 aliphatic heterocycles. The summed E-state index contributed by atoms with van der Waals surface area (Å²) in [4.78, 5) is 27.0. The highest BCUT2D eigenvalue weighted by Gasteiger charge is 2.33. The van der Waals surface area contributed by atoms with Gasteiger partial charge in [-0.25, -0.2) is 0 Å². The van der Waals surface area contributed by atoms with Crippen LogP contribution in [0.1, 0.15) is 26.3 Å². The minimum Gasteiger partial charge on any atom is -0.490 e. The van der Waals surface area contributed by atoms with Gasteiger partial charge in [-0.05, 0) is 62.7 Å². The van der Waals surface area contributed by atoms with E-state index in [0.717, 1.165) is 5.56 Å². The quantitative estimate of drug-likeness (QED) is 0.396. The molecule has 1 heterocycles. The standard InChI is InChI=1S/C23H23ClN2O4S2/c1-4-29-19-10-15(11-20-22(28)26(14(2)3)23(31)32-20)8-9-18(19)30-13-21(27)25-17-7-5-6-16(24)12-17/h5-12,14H,4,13H2,1-3H3,(H,25,27)/b20-11-. The van der Waals surface area contributed by atoms with Crippen molar-refractivity contribution in [1.82, 2.24) is 4.90 Å². The Morgan fingerprint density at radius 2 is 2.00 bits per heavy atom. The highest BCUT2D eigenvalue weighted by atomic mass is 35.5. The van der Waals surface area contributed by atoms with Gasteiger partial charge in [-0.2, -0.15) is 0 Å². The molecule has 2 aromatic rings. The highest BCUT2D eigenvalue weighted by Crippen LogP contribution is 2.35. The zero-order chi connectivity index (χ0) is 23.3. The summed E-state index contributed by atoms with van der Waals surface area (Å²) in [6, 6.07) is 12.2. The van der Waals surface area contributed by atoms with Gasteiger partial charge in [0.25, 0.3) is 11.8 Å². The molecule has 6 nitrogen and oxygen atoms in total. The lowest BCUT2D eigenvalue weighted by molar-refractivity contribution is -0.123. The average molecular weight is 491 g/mol. The Bertz CT molecular complexity index is 1070. The average Bonchev–Trinajstić information content (AvgIpc) is 3.00. The van der Waals surface area contributed by atoms with Crippen LogP contribution < -0.4 is 14.8 Å². The Morgan fingerprint density at radius 1 is 1.22 bits per heavy atom. The van der Waals surface area contributed by atoms with Gasteiger partial charge >= 0.3 is 0 Å². The highest BCUT2D eigenvalue weighted by molar-refractivity contribution is 8.26. The molecule has 9 heteroatoms. The van der Waals surface area contributed by atoms with Crippen molar-refractivity contribution in [3.05, 3.63) is 58.0 Å². The number of amides is 2.